The van der Waals surface area contributed by atoms with Crippen molar-refractivity contribution in [2.75, 3.05) is 0 Å². The Kier molecular flexibility index (Phi) is 5.65. The van der Waals surface area contributed by atoms with Gasteiger partial charge in [0, 0.05) is 12.8 Å². The van der Waals surface area contributed by atoms with E-state index >= 15 is 0 Å². The molecule has 0 radical (unpaired) electrons. The van der Waals surface area contributed by atoms with Crippen LogP contribution in [0.2, 0.25) is 0 Å². The lowest BCUT2D eigenvalue weighted by Gasteiger charge is -2.08. The summed E-state index contributed by atoms with van der Waals surface area (Å²) >= 11 is 0. The zero-order valence-electron chi connectivity index (χ0n) is 10.6. The highest BCUT2D eigenvalue weighted by molar-refractivity contribution is 5.79. The maximum Gasteiger partial charge on any atom is 0.157 e. The van der Waals surface area contributed by atoms with Crippen LogP contribution < -0.4 is 0 Å². The SMILES string of the molecule is CCCC(O)CC(=O)CCc1ccc(O)c(O)c1. The molecule has 0 heterocycles. The van der Waals surface area contributed by atoms with Gasteiger partial charge in [0.2, 0.25) is 0 Å². The molecule has 4 heteroatoms. The average Bonchev–Trinajstić information content (AvgIpc) is 2.31. The highest BCUT2D eigenvalue weighted by Gasteiger charge is 2.10. The fraction of sp³-hybridized carbons (Fsp3) is 0.500. The molecule has 0 aliphatic rings. The third-order valence-electron chi connectivity index (χ3n) is 2.82. The van der Waals surface area contributed by atoms with Crippen LogP contribution in [0, 0.1) is 0 Å². The summed E-state index contributed by atoms with van der Waals surface area (Å²) in [6, 6.07) is 4.52. The zero-order valence-corrected chi connectivity index (χ0v) is 10.6. The van der Waals surface area contributed by atoms with E-state index in [1.54, 1.807) is 6.07 Å². The number of phenols is 2. The molecule has 1 aromatic rings. The van der Waals surface area contributed by atoms with Crippen molar-refractivity contribution < 1.29 is 20.1 Å². The molecule has 100 valence electrons. The Balaban J connectivity index is 2.40. The lowest BCUT2D eigenvalue weighted by Crippen LogP contribution is -2.13. The van der Waals surface area contributed by atoms with E-state index in [0.717, 1.165) is 12.0 Å². The van der Waals surface area contributed by atoms with Crippen LogP contribution in [0.25, 0.3) is 0 Å². The summed E-state index contributed by atoms with van der Waals surface area (Å²) in [4.78, 5) is 11.6. The van der Waals surface area contributed by atoms with Gasteiger partial charge in [-0.25, -0.2) is 0 Å². The van der Waals surface area contributed by atoms with Crippen LogP contribution in [0.5, 0.6) is 11.5 Å². The summed E-state index contributed by atoms with van der Waals surface area (Å²) in [6.07, 6.45) is 2.00. The quantitative estimate of drug-likeness (QED) is 0.650. The van der Waals surface area contributed by atoms with Crippen molar-refractivity contribution in [3.8, 4) is 11.5 Å². The summed E-state index contributed by atoms with van der Waals surface area (Å²) in [5.74, 6) is -0.321. The predicted octanol–water partition coefficient (Wildman–Crippen LogP) is 2.15. The number of ketones is 1. The van der Waals surface area contributed by atoms with E-state index in [1.807, 2.05) is 6.92 Å². The number of rotatable bonds is 7. The van der Waals surface area contributed by atoms with E-state index in [4.69, 9.17) is 5.11 Å². The zero-order chi connectivity index (χ0) is 13.5. The summed E-state index contributed by atoms with van der Waals surface area (Å²) in [7, 11) is 0. The van der Waals surface area contributed by atoms with Crippen molar-refractivity contribution in [1.29, 1.82) is 0 Å². The summed E-state index contributed by atoms with van der Waals surface area (Å²) < 4.78 is 0. The first-order chi connectivity index (χ1) is 8.52. The van der Waals surface area contributed by atoms with Gasteiger partial charge in [-0.2, -0.15) is 0 Å². The van der Waals surface area contributed by atoms with Crippen LogP contribution in [-0.2, 0) is 11.2 Å². The smallest absolute Gasteiger partial charge is 0.157 e. The number of hydrogen-bond donors (Lipinski definition) is 3. The van der Waals surface area contributed by atoms with Gasteiger partial charge >= 0.3 is 0 Å². The van der Waals surface area contributed by atoms with Gasteiger partial charge in [0.1, 0.15) is 5.78 Å². The van der Waals surface area contributed by atoms with Gasteiger partial charge in [-0.05, 0) is 30.5 Å². The van der Waals surface area contributed by atoms with Crippen molar-refractivity contribution in [3.63, 3.8) is 0 Å². The number of aromatic hydroxyl groups is 2. The topological polar surface area (TPSA) is 77.8 Å². The molecule has 0 saturated carbocycles. The molecule has 4 nitrogen and oxygen atoms in total. The number of aryl methyl sites for hydroxylation is 1. The molecule has 0 bridgehead atoms. The maximum atomic E-state index is 11.6. The molecular weight excluding hydrogens is 232 g/mol. The number of benzene rings is 1. The Labute approximate surface area is 107 Å². The van der Waals surface area contributed by atoms with Crippen LogP contribution in [0.4, 0.5) is 0 Å². The largest absolute Gasteiger partial charge is 0.504 e. The van der Waals surface area contributed by atoms with Gasteiger partial charge in [0.25, 0.3) is 0 Å². The van der Waals surface area contributed by atoms with Crippen LogP contribution in [-0.4, -0.2) is 27.2 Å². The van der Waals surface area contributed by atoms with Crippen LogP contribution in [0.1, 0.15) is 38.2 Å². The Bertz CT molecular complexity index is 401. The summed E-state index contributed by atoms with van der Waals surface area (Å²) in [5, 5.41) is 28.0. The molecule has 0 fully saturated rings. The van der Waals surface area contributed by atoms with E-state index < -0.39 is 6.10 Å². The number of hydrogen-bond acceptors (Lipinski definition) is 4. The van der Waals surface area contributed by atoms with Crippen LogP contribution >= 0.6 is 0 Å². The minimum Gasteiger partial charge on any atom is -0.504 e. The first kappa shape index (κ1) is 14.5. The second-order valence-corrected chi connectivity index (χ2v) is 4.51. The highest BCUT2D eigenvalue weighted by atomic mass is 16.3. The van der Waals surface area contributed by atoms with Gasteiger partial charge in [0.05, 0.1) is 6.10 Å². The molecule has 0 amide bonds. The van der Waals surface area contributed by atoms with Crippen molar-refractivity contribution in [2.24, 2.45) is 0 Å². The Morgan fingerprint density at radius 1 is 1.28 bits per heavy atom. The third-order valence-corrected chi connectivity index (χ3v) is 2.82. The number of aliphatic hydroxyl groups is 1. The van der Waals surface area contributed by atoms with E-state index in [-0.39, 0.29) is 23.7 Å². The number of carbonyl (C=O) groups is 1. The summed E-state index contributed by atoms with van der Waals surface area (Å²) in [5.41, 5.74) is 0.795. The van der Waals surface area contributed by atoms with Crippen LogP contribution in [0.15, 0.2) is 18.2 Å². The minimum atomic E-state index is -0.546. The fourth-order valence-electron chi connectivity index (χ4n) is 1.81. The normalized spacial score (nSPS) is 12.3. The maximum absolute atomic E-state index is 11.6. The first-order valence-electron chi connectivity index (χ1n) is 6.23. The average molecular weight is 252 g/mol. The van der Waals surface area contributed by atoms with Gasteiger partial charge in [-0.1, -0.05) is 19.4 Å². The third kappa shape index (κ3) is 4.75. The molecule has 1 rings (SSSR count). The predicted molar refractivity (Wildman–Crippen MR) is 68.6 cm³/mol. The van der Waals surface area contributed by atoms with Gasteiger partial charge in [-0.15, -0.1) is 0 Å². The molecule has 3 N–H and O–H groups in total. The Morgan fingerprint density at radius 3 is 2.61 bits per heavy atom. The standard InChI is InChI=1S/C14H20O4/c1-2-3-11(15)9-12(16)6-4-10-5-7-13(17)14(18)8-10/h5,7-8,11,15,17-18H,2-4,6,9H2,1H3. The molecule has 0 spiro atoms. The Morgan fingerprint density at radius 2 is 2.00 bits per heavy atom. The molecule has 0 aliphatic heterocycles. The van der Waals surface area contributed by atoms with E-state index in [9.17, 15) is 15.0 Å². The van der Waals surface area contributed by atoms with E-state index in [1.165, 1.54) is 12.1 Å². The van der Waals surface area contributed by atoms with Gasteiger partial charge < -0.3 is 15.3 Å². The van der Waals surface area contributed by atoms with Crippen molar-refractivity contribution in [3.05, 3.63) is 23.8 Å². The molecule has 1 atom stereocenters. The van der Waals surface area contributed by atoms with Gasteiger partial charge in [0.15, 0.2) is 11.5 Å². The second kappa shape index (κ2) is 7.01. The van der Waals surface area contributed by atoms with E-state index in [2.05, 4.69) is 0 Å². The number of aliphatic hydroxyl groups excluding tert-OH is 1. The van der Waals surface area contributed by atoms with E-state index in [0.29, 0.717) is 19.3 Å². The molecule has 18 heavy (non-hydrogen) atoms. The Hall–Kier alpha value is -1.55. The second-order valence-electron chi connectivity index (χ2n) is 4.51. The van der Waals surface area contributed by atoms with Crippen molar-refractivity contribution in [1.82, 2.24) is 0 Å². The van der Waals surface area contributed by atoms with Crippen molar-refractivity contribution in [2.45, 2.75) is 45.1 Å². The van der Waals surface area contributed by atoms with Crippen molar-refractivity contribution >= 4 is 5.78 Å². The minimum absolute atomic E-state index is 0.0171. The van der Waals surface area contributed by atoms with Crippen LogP contribution in [0.3, 0.4) is 0 Å². The molecule has 0 saturated heterocycles. The molecule has 1 unspecified atom stereocenters. The van der Waals surface area contributed by atoms with Gasteiger partial charge in [-0.3, -0.25) is 4.79 Å². The molecule has 0 aliphatic carbocycles. The lowest BCUT2D eigenvalue weighted by molar-refractivity contribution is -0.121. The monoisotopic (exact) mass is 252 g/mol. The first-order valence-corrected chi connectivity index (χ1v) is 6.23. The lowest BCUT2D eigenvalue weighted by atomic mass is 10.0. The number of phenolic OH excluding ortho intramolecular Hbond substituents is 2. The molecule has 0 aromatic heterocycles. The molecule has 1 aromatic carbocycles. The number of carbonyl (C=O) groups excluding carboxylic acids is 1. The fourth-order valence-corrected chi connectivity index (χ4v) is 1.81. The highest BCUT2D eigenvalue weighted by Crippen LogP contribution is 2.25. The number of Topliss-reactive ketones (excluding diaryl/α,β-unsaturated/α-hetero) is 1. The summed E-state index contributed by atoms with van der Waals surface area (Å²) in [6.45, 7) is 1.97. The molecular formula is C14H20O4.